The van der Waals surface area contributed by atoms with Crippen molar-refractivity contribution in [2.24, 2.45) is 0 Å². The van der Waals surface area contributed by atoms with Crippen molar-refractivity contribution in [2.75, 3.05) is 19.0 Å². The molecule has 116 valence electrons. The highest BCUT2D eigenvalue weighted by atomic mass is 16.5. The second-order valence-electron chi connectivity index (χ2n) is 5.10. The molecule has 0 saturated heterocycles. The fourth-order valence-corrected chi connectivity index (χ4v) is 2.27. The van der Waals surface area contributed by atoms with Crippen molar-refractivity contribution in [1.29, 1.82) is 0 Å². The molecule has 23 heavy (non-hydrogen) atoms. The molecule has 1 aliphatic heterocycles. The second-order valence-corrected chi connectivity index (χ2v) is 5.10. The van der Waals surface area contributed by atoms with Crippen LogP contribution >= 0.6 is 0 Å². The number of amides is 1. The molecule has 0 atom stereocenters. The van der Waals surface area contributed by atoms with Gasteiger partial charge in [0.25, 0.3) is 0 Å². The van der Waals surface area contributed by atoms with Crippen LogP contribution in [0.25, 0.3) is 6.08 Å². The van der Waals surface area contributed by atoms with Gasteiger partial charge >= 0.3 is 0 Å². The summed E-state index contributed by atoms with van der Waals surface area (Å²) in [5.41, 5.74) is 2.70. The highest BCUT2D eigenvalue weighted by Crippen LogP contribution is 2.26. The molecular formula is C19H17NO3. The van der Waals surface area contributed by atoms with Gasteiger partial charge in [-0.25, -0.2) is 0 Å². The third-order valence-electron chi connectivity index (χ3n) is 3.46. The van der Waals surface area contributed by atoms with Crippen molar-refractivity contribution in [1.82, 2.24) is 0 Å². The molecule has 0 spiro atoms. The smallest absolute Gasteiger partial charge is 0.248 e. The van der Waals surface area contributed by atoms with E-state index in [1.807, 2.05) is 30.3 Å². The van der Waals surface area contributed by atoms with E-state index >= 15 is 0 Å². The Labute approximate surface area is 135 Å². The Hall–Kier alpha value is -3.01. The van der Waals surface area contributed by atoms with E-state index in [1.54, 1.807) is 37.5 Å². The Bertz CT molecular complexity index is 760. The average molecular weight is 307 g/mol. The molecule has 0 radical (unpaired) electrons. The predicted octanol–water partition coefficient (Wildman–Crippen LogP) is 3.67. The summed E-state index contributed by atoms with van der Waals surface area (Å²) in [6, 6.07) is 15.0. The molecule has 1 heterocycles. The van der Waals surface area contributed by atoms with Gasteiger partial charge in [0.1, 0.15) is 18.1 Å². The average Bonchev–Trinajstić information content (AvgIpc) is 2.60. The van der Waals surface area contributed by atoms with E-state index in [-0.39, 0.29) is 5.91 Å². The van der Waals surface area contributed by atoms with Crippen molar-refractivity contribution in [3.05, 3.63) is 71.8 Å². The van der Waals surface area contributed by atoms with Crippen molar-refractivity contribution in [3.63, 3.8) is 0 Å². The lowest BCUT2D eigenvalue weighted by atomic mass is 10.1. The van der Waals surface area contributed by atoms with E-state index in [9.17, 15) is 4.79 Å². The van der Waals surface area contributed by atoms with Crippen LogP contribution in [0.5, 0.6) is 11.5 Å². The standard InChI is InChI=1S/C19H17NO3/c1-22-17-9-7-16(8-10-17)20-19(21)11-6-14-12-15-4-2-3-5-18(15)23-13-14/h2-12H,13H2,1H3,(H,20,21). The summed E-state index contributed by atoms with van der Waals surface area (Å²) >= 11 is 0. The van der Waals surface area contributed by atoms with Gasteiger partial charge in [-0.15, -0.1) is 0 Å². The molecule has 1 N–H and O–H groups in total. The summed E-state index contributed by atoms with van der Waals surface area (Å²) in [4.78, 5) is 12.0. The summed E-state index contributed by atoms with van der Waals surface area (Å²) in [6.45, 7) is 0.462. The molecule has 3 rings (SSSR count). The first-order chi connectivity index (χ1) is 11.2. The van der Waals surface area contributed by atoms with E-state index < -0.39 is 0 Å². The van der Waals surface area contributed by atoms with Crippen LogP contribution in [-0.2, 0) is 4.79 Å². The number of nitrogens with one attached hydrogen (secondary N) is 1. The van der Waals surface area contributed by atoms with E-state index in [2.05, 4.69) is 5.32 Å². The van der Waals surface area contributed by atoms with Crippen LogP contribution in [0.3, 0.4) is 0 Å². The van der Waals surface area contributed by atoms with Crippen LogP contribution in [0.15, 0.2) is 66.3 Å². The number of hydrogen-bond acceptors (Lipinski definition) is 3. The maximum Gasteiger partial charge on any atom is 0.248 e. The fourth-order valence-electron chi connectivity index (χ4n) is 2.27. The van der Waals surface area contributed by atoms with Crippen LogP contribution in [0.4, 0.5) is 5.69 Å². The van der Waals surface area contributed by atoms with E-state index in [0.717, 1.165) is 28.3 Å². The molecule has 1 amide bonds. The largest absolute Gasteiger partial charge is 0.497 e. The summed E-state index contributed by atoms with van der Waals surface area (Å²) in [5.74, 6) is 1.43. The number of carbonyl (C=O) groups excluding carboxylic acids is 1. The van der Waals surface area contributed by atoms with Crippen molar-refractivity contribution < 1.29 is 14.3 Å². The van der Waals surface area contributed by atoms with Crippen LogP contribution in [0, 0.1) is 0 Å². The van der Waals surface area contributed by atoms with Crippen molar-refractivity contribution in [2.45, 2.75) is 0 Å². The first-order valence-electron chi connectivity index (χ1n) is 7.30. The molecule has 0 unspecified atom stereocenters. The zero-order chi connectivity index (χ0) is 16.1. The molecule has 4 heteroatoms. The Kier molecular flexibility index (Phi) is 4.43. The van der Waals surface area contributed by atoms with Crippen molar-refractivity contribution in [3.8, 4) is 11.5 Å². The number of benzene rings is 2. The highest BCUT2D eigenvalue weighted by molar-refractivity contribution is 5.99. The molecule has 0 saturated carbocycles. The van der Waals surface area contributed by atoms with Crippen LogP contribution < -0.4 is 14.8 Å². The minimum Gasteiger partial charge on any atom is -0.497 e. The first-order valence-corrected chi connectivity index (χ1v) is 7.30. The van der Waals surface area contributed by atoms with Crippen LogP contribution in [-0.4, -0.2) is 19.6 Å². The SMILES string of the molecule is COc1ccc(NC(=O)C=CC2=Cc3ccccc3OC2)cc1. The Morgan fingerprint density at radius 3 is 2.74 bits per heavy atom. The number of anilines is 1. The molecule has 0 bridgehead atoms. The van der Waals surface area contributed by atoms with Crippen molar-refractivity contribution >= 4 is 17.7 Å². The summed E-state index contributed by atoms with van der Waals surface area (Å²) in [6.07, 6.45) is 5.30. The van der Waals surface area contributed by atoms with Gasteiger partial charge in [-0.3, -0.25) is 4.79 Å². The lowest BCUT2D eigenvalue weighted by Crippen LogP contribution is -2.09. The molecule has 0 aromatic heterocycles. The monoisotopic (exact) mass is 307 g/mol. The molecule has 0 aliphatic carbocycles. The Morgan fingerprint density at radius 1 is 1.17 bits per heavy atom. The number of fused-ring (bicyclic) bond motifs is 1. The number of rotatable bonds is 4. The topological polar surface area (TPSA) is 47.6 Å². The van der Waals surface area contributed by atoms with Crippen LogP contribution in [0.1, 0.15) is 5.56 Å². The van der Waals surface area contributed by atoms with Gasteiger partial charge in [-0.1, -0.05) is 24.3 Å². The molecular weight excluding hydrogens is 290 g/mol. The number of hydrogen-bond donors (Lipinski definition) is 1. The normalized spacial score (nSPS) is 13.0. The Morgan fingerprint density at radius 2 is 1.96 bits per heavy atom. The summed E-state index contributed by atoms with van der Waals surface area (Å²) < 4.78 is 10.7. The third kappa shape index (κ3) is 3.80. The van der Waals surface area contributed by atoms with Gasteiger partial charge in [-0.2, -0.15) is 0 Å². The quantitative estimate of drug-likeness (QED) is 0.877. The van der Waals surface area contributed by atoms with E-state index in [0.29, 0.717) is 6.61 Å². The lowest BCUT2D eigenvalue weighted by molar-refractivity contribution is -0.111. The zero-order valence-corrected chi connectivity index (χ0v) is 12.8. The van der Waals surface area contributed by atoms with Gasteiger partial charge in [0.15, 0.2) is 0 Å². The minimum absolute atomic E-state index is 0.185. The number of carbonyl (C=O) groups is 1. The van der Waals surface area contributed by atoms with E-state index in [4.69, 9.17) is 9.47 Å². The maximum absolute atomic E-state index is 12.0. The molecule has 2 aromatic rings. The molecule has 4 nitrogen and oxygen atoms in total. The fraction of sp³-hybridized carbons (Fsp3) is 0.105. The number of para-hydroxylation sites is 1. The first kappa shape index (κ1) is 14.9. The summed E-state index contributed by atoms with van der Waals surface area (Å²) in [7, 11) is 1.61. The van der Waals surface area contributed by atoms with Gasteiger partial charge in [0.2, 0.25) is 5.91 Å². The molecule has 0 fully saturated rings. The van der Waals surface area contributed by atoms with E-state index in [1.165, 1.54) is 6.08 Å². The van der Waals surface area contributed by atoms with Gasteiger partial charge in [0, 0.05) is 17.3 Å². The minimum atomic E-state index is -0.185. The van der Waals surface area contributed by atoms with Gasteiger partial charge < -0.3 is 14.8 Å². The lowest BCUT2D eigenvalue weighted by Gasteiger charge is -2.15. The predicted molar refractivity (Wildman–Crippen MR) is 90.7 cm³/mol. The Balaban J connectivity index is 1.63. The van der Waals surface area contributed by atoms with Gasteiger partial charge in [0.05, 0.1) is 7.11 Å². The maximum atomic E-state index is 12.0. The van der Waals surface area contributed by atoms with Gasteiger partial charge in [-0.05, 0) is 42.0 Å². The number of methoxy groups -OCH3 is 1. The molecule has 2 aromatic carbocycles. The molecule has 1 aliphatic rings. The third-order valence-corrected chi connectivity index (χ3v) is 3.46. The summed E-state index contributed by atoms with van der Waals surface area (Å²) in [5, 5.41) is 2.80. The number of ether oxygens (including phenoxy) is 2. The van der Waals surface area contributed by atoms with Crippen LogP contribution in [0.2, 0.25) is 0 Å². The zero-order valence-electron chi connectivity index (χ0n) is 12.8. The highest BCUT2D eigenvalue weighted by Gasteiger charge is 2.08. The second kappa shape index (κ2) is 6.83.